The van der Waals surface area contributed by atoms with Crippen molar-refractivity contribution in [1.82, 2.24) is 10.6 Å². The fraction of sp³-hybridized carbons (Fsp3) is 0.333. The van der Waals surface area contributed by atoms with Crippen molar-refractivity contribution in [3.63, 3.8) is 0 Å². The standard InChI is InChI=1S/C21H26N2O2/c1-16-9-7-8-12-18(16)20(25)22-14-13-19(24)23-15-21(2,3)17-10-5-4-6-11-17/h4-12H,13-15H2,1-3H3,(H,22,25)(H,23,24). The first-order chi connectivity index (χ1) is 11.9. The summed E-state index contributed by atoms with van der Waals surface area (Å²) in [5, 5.41) is 5.76. The summed E-state index contributed by atoms with van der Waals surface area (Å²) >= 11 is 0. The lowest BCUT2D eigenvalue weighted by Gasteiger charge is -2.25. The van der Waals surface area contributed by atoms with Crippen LogP contribution in [-0.4, -0.2) is 24.9 Å². The van der Waals surface area contributed by atoms with Gasteiger partial charge in [0, 0.05) is 30.5 Å². The molecule has 0 fully saturated rings. The van der Waals surface area contributed by atoms with Gasteiger partial charge in [0.05, 0.1) is 0 Å². The van der Waals surface area contributed by atoms with E-state index in [1.54, 1.807) is 6.07 Å². The molecule has 2 aromatic rings. The Morgan fingerprint density at radius 3 is 2.24 bits per heavy atom. The highest BCUT2D eigenvalue weighted by molar-refractivity contribution is 5.95. The summed E-state index contributed by atoms with van der Waals surface area (Å²) in [6, 6.07) is 17.5. The van der Waals surface area contributed by atoms with Crippen molar-refractivity contribution >= 4 is 11.8 Å². The molecule has 132 valence electrons. The van der Waals surface area contributed by atoms with E-state index < -0.39 is 0 Å². The third-order valence-electron chi connectivity index (χ3n) is 4.31. The van der Waals surface area contributed by atoms with Gasteiger partial charge in [0.15, 0.2) is 0 Å². The average Bonchev–Trinajstić information content (AvgIpc) is 2.61. The zero-order chi connectivity index (χ0) is 18.3. The van der Waals surface area contributed by atoms with Gasteiger partial charge in [-0.2, -0.15) is 0 Å². The highest BCUT2D eigenvalue weighted by atomic mass is 16.2. The Hall–Kier alpha value is -2.62. The minimum absolute atomic E-state index is 0.0610. The number of hydrogen-bond acceptors (Lipinski definition) is 2. The smallest absolute Gasteiger partial charge is 0.251 e. The maximum Gasteiger partial charge on any atom is 0.251 e. The molecule has 0 bridgehead atoms. The number of rotatable bonds is 7. The second-order valence-corrected chi connectivity index (χ2v) is 6.85. The molecular weight excluding hydrogens is 312 g/mol. The van der Waals surface area contributed by atoms with Crippen molar-refractivity contribution in [2.45, 2.75) is 32.6 Å². The normalized spacial score (nSPS) is 11.0. The lowest BCUT2D eigenvalue weighted by Crippen LogP contribution is -2.38. The zero-order valence-corrected chi connectivity index (χ0v) is 15.1. The van der Waals surface area contributed by atoms with E-state index in [9.17, 15) is 9.59 Å². The molecule has 2 N–H and O–H groups in total. The molecule has 0 radical (unpaired) electrons. The molecule has 2 rings (SSSR count). The minimum Gasteiger partial charge on any atom is -0.355 e. The number of amides is 2. The molecule has 0 aliphatic rings. The first-order valence-corrected chi connectivity index (χ1v) is 8.56. The van der Waals surface area contributed by atoms with Crippen LogP contribution in [0.15, 0.2) is 54.6 Å². The monoisotopic (exact) mass is 338 g/mol. The van der Waals surface area contributed by atoms with Gasteiger partial charge in [-0.3, -0.25) is 9.59 Å². The van der Waals surface area contributed by atoms with Crippen molar-refractivity contribution in [2.24, 2.45) is 0 Å². The second kappa shape index (κ2) is 8.47. The molecule has 0 unspecified atom stereocenters. The molecule has 4 nitrogen and oxygen atoms in total. The Kier molecular flexibility index (Phi) is 6.34. The molecule has 0 aromatic heterocycles. The predicted molar refractivity (Wildman–Crippen MR) is 101 cm³/mol. The van der Waals surface area contributed by atoms with Crippen molar-refractivity contribution in [3.05, 3.63) is 71.3 Å². The van der Waals surface area contributed by atoms with Gasteiger partial charge in [-0.05, 0) is 24.1 Å². The lowest BCUT2D eigenvalue weighted by molar-refractivity contribution is -0.121. The molecular formula is C21H26N2O2. The van der Waals surface area contributed by atoms with E-state index in [1.807, 2.05) is 43.3 Å². The van der Waals surface area contributed by atoms with Gasteiger partial charge in [-0.15, -0.1) is 0 Å². The van der Waals surface area contributed by atoms with Gasteiger partial charge in [0.25, 0.3) is 5.91 Å². The highest BCUT2D eigenvalue weighted by Crippen LogP contribution is 2.21. The summed E-state index contributed by atoms with van der Waals surface area (Å²) in [5.74, 6) is -0.204. The molecule has 0 aliphatic carbocycles. The van der Waals surface area contributed by atoms with E-state index in [0.29, 0.717) is 18.7 Å². The van der Waals surface area contributed by atoms with Gasteiger partial charge in [0.1, 0.15) is 0 Å². The Labute approximate surface area is 149 Å². The van der Waals surface area contributed by atoms with Gasteiger partial charge >= 0.3 is 0 Å². The van der Waals surface area contributed by atoms with E-state index in [4.69, 9.17) is 0 Å². The third kappa shape index (κ3) is 5.45. The van der Waals surface area contributed by atoms with Crippen LogP contribution in [0.1, 0.15) is 41.8 Å². The first-order valence-electron chi connectivity index (χ1n) is 8.56. The molecule has 0 saturated carbocycles. The molecule has 0 saturated heterocycles. The lowest BCUT2D eigenvalue weighted by atomic mass is 9.84. The molecule has 0 aliphatic heterocycles. The molecule has 0 spiro atoms. The summed E-state index contributed by atoms with van der Waals surface area (Å²) in [7, 11) is 0. The van der Waals surface area contributed by atoms with Gasteiger partial charge in [-0.1, -0.05) is 62.4 Å². The van der Waals surface area contributed by atoms with Crippen LogP contribution in [0.2, 0.25) is 0 Å². The van der Waals surface area contributed by atoms with Gasteiger partial charge in [-0.25, -0.2) is 0 Å². The van der Waals surface area contributed by atoms with Crippen molar-refractivity contribution in [3.8, 4) is 0 Å². The number of carbonyl (C=O) groups is 2. The van der Waals surface area contributed by atoms with Gasteiger partial charge < -0.3 is 10.6 Å². The summed E-state index contributed by atoms with van der Waals surface area (Å²) in [5.41, 5.74) is 2.62. The van der Waals surface area contributed by atoms with Gasteiger partial charge in [0.2, 0.25) is 5.91 Å². The maximum absolute atomic E-state index is 12.1. The van der Waals surface area contributed by atoms with Crippen LogP contribution in [-0.2, 0) is 10.2 Å². The number of aryl methyl sites for hydroxylation is 1. The summed E-state index contributed by atoms with van der Waals surface area (Å²) in [6.45, 7) is 6.98. The molecule has 25 heavy (non-hydrogen) atoms. The molecule has 0 heterocycles. The van der Waals surface area contributed by atoms with Crippen LogP contribution in [0, 0.1) is 6.92 Å². The number of hydrogen-bond donors (Lipinski definition) is 2. The predicted octanol–water partition coefficient (Wildman–Crippen LogP) is 3.21. The number of nitrogens with one attached hydrogen (secondary N) is 2. The Balaban J connectivity index is 1.76. The van der Waals surface area contributed by atoms with Crippen LogP contribution in [0.25, 0.3) is 0 Å². The van der Waals surface area contributed by atoms with Crippen LogP contribution in [0.4, 0.5) is 0 Å². The molecule has 2 amide bonds. The third-order valence-corrected chi connectivity index (χ3v) is 4.31. The fourth-order valence-electron chi connectivity index (χ4n) is 2.61. The SMILES string of the molecule is Cc1ccccc1C(=O)NCCC(=O)NCC(C)(C)c1ccccc1. The number of benzene rings is 2. The molecule has 4 heteroatoms. The quantitative estimate of drug-likeness (QED) is 0.814. The van der Waals surface area contributed by atoms with Crippen LogP contribution in [0.5, 0.6) is 0 Å². The zero-order valence-electron chi connectivity index (χ0n) is 15.1. The average molecular weight is 338 g/mol. The largest absolute Gasteiger partial charge is 0.355 e. The molecule has 2 aromatic carbocycles. The highest BCUT2D eigenvalue weighted by Gasteiger charge is 2.21. The van der Waals surface area contributed by atoms with E-state index in [2.05, 4.69) is 36.6 Å². The van der Waals surface area contributed by atoms with E-state index in [-0.39, 0.29) is 23.7 Å². The van der Waals surface area contributed by atoms with Crippen molar-refractivity contribution in [2.75, 3.05) is 13.1 Å². The van der Waals surface area contributed by atoms with Crippen molar-refractivity contribution in [1.29, 1.82) is 0 Å². The number of carbonyl (C=O) groups excluding carboxylic acids is 2. The first kappa shape index (κ1) is 18.7. The Bertz CT molecular complexity index is 724. The minimum atomic E-state index is -0.143. The Morgan fingerprint density at radius 2 is 1.56 bits per heavy atom. The summed E-state index contributed by atoms with van der Waals surface area (Å²) in [6.07, 6.45) is 0.266. The summed E-state index contributed by atoms with van der Waals surface area (Å²) in [4.78, 5) is 24.1. The van der Waals surface area contributed by atoms with Crippen LogP contribution in [0.3, 0.4) is 0 Å². The molecule has 0 atom stereocenters. The van der Waals surface area contributed by atoms with Crippen molar-refractivity contribution < 1.29 is 9.59 Å². The second-order valence-electron chi connectivity index (χ2n) is 6.85. The van der Waals surface area contributed by atoms with Crippen LogP contribution >= 0.6 is 0 Å². The van der Waals surface area contributed by atoms with E-state index in [0.717, 1.165) is 5.56 Å². The van der Waals surface area contributed by atoms with E-state index >= 15 is 0 Å². The summed E-state index contributed by atoms with van der Waals surface area (Å²) < 4.78 is 0. The fourth-order valence-corrected chi connectivity index (χ4v) is 2.61. The van der Waals surface area contributed by atoms with E-state index in [1.165, 1.54) is 5.56 Å². The maximum atomic E-state index is 12.1. The van der Waals surface area contributed by atoms with Crippen LogP contribution < -0.4 is 10.6 Å². The topological polar surface area (TPSA) is 58.2 Å². The Morgan fingerprint density at radius 1 is 0.920 bits per heavy atom.